The van der Waals surface area contributed by atoms with Crippen molar-refractivity contribution in [2.45, 2.75) is 6.42 Å². The van der Waals surface area contributed by atoms with E-state index in [1.165, 1.54) is 6.20 Å². The second kappa shape index (κ2) is 12.2. The molecule has 0 radical (unpaired) electrons. The number of ether oxygens (including phenoxy) is 4. The highest BCUT2D eigenvalue weighted by Gasteiger charge is 2.16. The van der Waals surface area contributed by atoms with E-state index < -0.39 is 6.03 Å². The van der Waals surface area contributed by atoms with Gasteiger partial charge in [0.25, 0.3) is 5.88 Å². The minimum absolute atomic E-state index is 0.0160. The molecule has 12 heteroatoms. The van der Waals surface area contributed by atoms with Crippen LogP contribution in [0.25, 0.3) is 0 Å². The molecule has 1 saturated heterocycles. The number of urea groups is 1. The van der Waals surface area contributed by atoms with E-state index in [9.17, 15) is 10.1 Å². The molecule has 11 nitrogen and oxygen atoms in total. The number of carbonyl (C=O) groups is 1. The lowest BCUT2D eigenvalue weighted by molar-refractivity contribution is 0.0358. The molecule has 1 fully saturated rings. The van der Waals surface area contributed by atoms with Crippen molar-refractivity contribution >= 4 is 29.1 Å². The lowest BCUT2D eigenvalue weighted by Gasteiger charge is -2.26. The van der Waals surface area contributed by atoms with Crippen molar-refractivity contribution in [3.8, 4) is 23.4 Å². The van der Waals surface area contributed by atoms with E-state index in [0.29, 0.717) is 28.8 Å². The van der Waals surface area contributed by atoms with Crippen LogP contribution in [0.15, 0.2) is 30.5 Å². The fourth-order valence-electron chi connectivity index (χ4n) is 3.44. The van der Waals surface area contributed by atoms with Crippen LogP contribution in [-0.4, -0.2) is 73.6 Å². The van der Waals surface area contributed by atoms with Gasteiger partial charge >= 0.3 is 6.03 Å². The Morgan fingerprint density at radius 3 is 2.77 bits per heavy atom. The summed E-state index contributed by atoms with van der Waals surface area (Å²) in [6.45, 7) is 5.12. The number of halogens is 1. The first-order valence-corrected chi connectivity index (χ1v) is 11.5. The lowest BCUT2D eigenvalue weighted by atomic mass is 10.2. The predicted molar refractivity (Wildman–Crippen MR) is 128 cm³/mol. The lowest BCUT2D eigenvalue weighted by Crippen LogP contribution is -2.37. The number of nitrogens with one attached hydrogen (secondary N) is 2. The Balaban J connectivity index is 1.45. The molecule has 1 aromatic heterocycles. The predicted octanol–water partition coefficient (Wildman–Crippen LogP) is 3.07. The summed E-state index contributed by atoms with van der Waals surface area (Å²) in [4.78, 5) is 23.0. The zero-order valence-electron chi connectivity index (χ0n) is 19.0. The molecule has 0 atom stereocenters. The maximum absolute atomic E-state index is 12.6. The van der Waals surface area contributed by atoms with Gasteiger partial charge < -0.3 is 24.3 Å². The van der Waals surface area contributed by atoms with Crippen molar-refractivity contribution in [3.05, 3.63) is 41.2 Å². The number of fused-ring (bicyclic) bond motifs is 3. The third kappa shape index (κ3) is 6.95. The molecule has 0 spiro atoms. The van der Waals surface area contributed by atoms with Gasteiger partial charge in [0.2, 0.25) is 5.69 Å². The molecule has 2 amide bonds. The fourth-order valence-corrected chi connectivity index (χ4v) is 3.66. The molecule has 2 bridgehead atoms. The van der Waals surface area contributed by atoms with E-state index in [4.69, 9.17) is 30.5 Å². The number of hydrogen-bond acceptors (Lipinski definition) is 9. The molecular formula is C23H25ClN6O5. The van der Waals surface area contributed by atoms with E-state index in [1.54, 1.807) is 24.3 Å². The van der Waals surface area contributed by atoms with Crippen LogP contribution in [0.3, 0.4) is 0 Å². The molecular weight excluding hydrogens is 476 g/mol. The number of amides is 2. The molecule has 2 aromatic rings. The van der Waals surface area contributed by atoms with Crippen molar-refractivity contribution < 1.29 is 23.7 Å². The zero-order chi connectivity index (χ0) is 24.5. The number of nitrogens with zero attached hydrogens (tertiary/aromatic N) is 4. The number of nitriles is 1. The van der Waals surface area contributed by atoms with Crippen LogP contribution >= 0.6 is 11.6 Å². The number of aromatic nitrogens is 2. The number of anilines is 2. The topological polar surface area (TPSA) is 131 Å². The van der Waals surface area contributed by atoms with Gasteiger partial charge in [0, 0.05) is 25.7 Å². The Bertz CT molecular complexity index is 1120. The Morgan fingerprint density at radius 2 is 1.97 bits per heavy atom. The first-order valence-electron chi connectivity index (χ1n) is 11.1. The van der Waals surface area contributed by atoms with Gasteiger partial charge in [-0.05, 0) is 24.6 Å². The summed E-state index contributed by atoms with van der Waals surface area (Å²) in [7, 11) is 0. The SMILES string of the molecule is N#Cc1ncc2nc1OC/C=C\COc1cc(OCCCN3CCOCC3)c(Cl)cc1NC(=O)N2. The molecule has 2 aliphatic heterocycles. The van der Waals surface area contributed by atoms with Crippen LogP contribution in [0, 0.1) is 11.3 Å². The summed E-state index contributed by atoms with van der Waals surface area (Å²) >= 11 is 6.43. The zero-order valence-corrected chi connectivity index (χ0v) is 19.7. The third-order valence-corrected chi connectivity index (χ3v) is 5.46. The molecule has 35 heavy (non-hydrogen) atoms. The second-order valence-corrected chi connectivity index (χ2v) is 8.04. The van der Waals surface area contributed by atoms with Crippen LogP contribution in [0.4, 0.5) is 16.3 Å². The summed E-state index contributed by atoms with van der Waals surface area (Å²) in [5.74, 6) is 0.991. The minimum Gasteiger partial charge on any atom is -0.492 e. The second-order valence-electron chi connectivity index (χ2n) is 7.63. The van der Waals surface area contributed by atoms with E-state index in [0.717, 1.165) is 39.3 Å². The van der Waals surface area contributed by atoms with Crippen molar-refractivity contribution in [2.75, 3.05) is 63.3 Å². The number of carbonyl (C=O) groups excluding carboxylic acids is 1. The largest absolute Gasteiger partial charge is 0.492 e. The van der Waals surface area contributed by atoms with Crippen molar-refractivity contribution in [3.63, 3.8) is 0 Å². The molecule has 2 N–H and O–H groups in total. The number of benzene rings is 1. The number of morpholine rings is 1. The molecule has 0 unspecified atom stereocenters. The van der Waals surface area contributed by atoms with Crippen molar-refractivity contribution in [1.29, 1.82) is 5.26 Å². The summed E-state index contributed by atoms with van der Waals surface area (Å²) in [6, 6.07) is 4.54. The summed E-state index contributed by atoms with van der Waals surface area (Å²) in [5.41, 5.74) is 0.374. The van der Waals surface area contributed by atoms with Crippen LogP contribution < -0.4 is 24.8 Å². The van der Waals surface area contributed by atoms with Crippen LogP contribution in [-0.2, 0) is 4.74 Å². The maximum atomic E-state index is 12.6. The Hall–Kier alpha value is -3.59. The average molecular weight is 501 g/mol. The van der Waals surface area contributed by atoms with Crippen LogP contribution in [0.5, 0.6) is 17.4 Å². The van der Waals surface area contributed by atoms with Gasteiger partial charge in [-0.1, -0.05) is 11.6 Å². The first kappa shape index (κ1) is 24.5. The summed E-state index contributed by atoms with van der Waals surface area (Å²) in [5, 5.41) is 14.8. The van der Waals surface area contributed by atoms with E-state index in [2.05, 4.69) is 25.5 Å². The number of hydrogen-bond donors (Lipinski definition) is 2. The summed E-state index contributed by atoms with van der Waals surface area (Å²) < 4.78 is 22.6. The van der Waals surface area contributed by atoms with Gasteiger partial charge in [-0.15, -0.1) is 0 Å². The van der Waals surface area contributed by atoms with Crippen LogP contribution in [0.1, 0.15) is 12.1 Å². The molecule has 184 valence electrons. The molecule has 0 aliphatic carbocycles. The van der Waals surface area contributed by atoms with E-state index in [-0.39, 0.29) is 30.6 Å². The molecule has 1 aromatic carbocycles. The standard InChI is InChI=1S/C23H25ClN6O5/c24-16-12-17-20(13-19(16)33-9-3-4-30-5-10-32-11-6-30)34-7-1-2-8-35-22-18(14-25)26-15-21(28-22)29-23(31)27-17/h1-2,12-13,15H,3-11H2,(H2,27,28,29,31)/b2-1-. The Labute approximate surface area is 207 Å². The van der Waals surface area contributed by atoms with E-state index in [1.807, 2.05) is 6.07 Å². The van der Waals surface area contributed by atoms with Gasteiger partial charge in [0.15, 0.2) is 5.82 Å². The van der Waals surface area contributed by atoms with Gasteiger partial charge in [0.1, 0.15) is 30.8 Å². The first-order chi connectivity index (χ1) is 17.1. The smallest absolute Gasteiger partial charge is 0.325 e. The maximum Gasteiger partial charge on any atom is 0.325 e. The normalized spacial score (nSPS) is 17.3. The van der Waals surface area contributed by atoms with Gasteiger partial charge in [0.05, 0.1) is 36.7 Å². The van der Waals surface area contributed by atoms with Gasteiger partial charge in [-0.3, -0.25) is 10.2 Å². The molecule has 2 aliphatic rings. The van der Waals surface area contributed by atoms with E-state index >= 15 is 0 Å². The number of rotatable bonds is 5. The monoisotopic (exact) mass is 500 g/mol. The molecule has 3 heterocycles. The quantitative estimate of drug-likeness (QED) is 0.469. The Morgan fingerprint density at radius 1 is 1.17 bits per heavy atom. The highest BCUT2D eigenvalue weighted by atomic mass is 35.5. The summed E-state index contributed by atoms with van der Waals surface area (Å²) in [6.07, 6.45) is 5.58. The van der Waals surface area contributed by atoms with Gasteiger partial charge in [-0.2, -0.15) is 10.2 Å². The molecule has 0 saturated carbocycles. The van der Waals surface area contributed by atoms with Crippen LogP contribution in [0.2, 0.25) is 5.02 Å². The highest BCUT2D eigenvalue weighted by molar-refractivity contribution is 6.32. The molecule has 4 rings (SSSR count). The fraction of sp³-hybridized carbons (Fsp3) is 0.391. The van der Waals surface area contributed by atoms with Crippen molar-refractivity contribution in [1.82, 2.24) is 14.9 Å². The minimum atomic E-state index is -0.595. The Kier molecular flexibility index (Phi) is 8.56. The third-order valence-electron chi connectivity index (χ3n) is 5.17. The average Bonchev–Trinajstić information content (AvgIpc) is 2.86. The van der Waals surface area contributed by atoms with Gasteiger partial charge in [-0.25, -0.2) is 9.78 Å². The highest BCUT2D eigenvalue weighted by Crippen LogP contribution is 2.36. The van der Waals surface area contributed by atoms with Crippen molar-refractivity contribution in [2.24, 2.45) is 0 Å².